The Morgan fingerprint density at radius 2 is 2.25 bits per heavy atom. The second-order valence-electron chi connectivity index (χ2n) is 4.52. The second-order valence-corrected chi connectivity index (χ2v) is 4.52. The van der Waals surface area contributed by atoms with Gasteiger partial charge in [-0.15, -0.1) is 0 Å². The van der Waals surface area contributed by atoms with Crippen molar-refractivity contribution in [3.63, 3.8) is 0 Å². The van der Waals surface area contributed by atoms with Gasteiger partial charge in [-0.2, -0.15) is 0 Å². The Balaban J connectivity index is 2.12. The fraction of sp³-hybridized carbons (Fsp3) is 0.538. The fourth-order valence-electron chi connectivity index (χ4n) is 2.18. The van der Waals surface area contributed by atoms with E-state index in [-0.39, 0.29) is 11.7 Å². The third kappa shape index (κ3) is 2.40. The molecule has 16 heavy (non-hydrogen) atoms. The predicted molar refractivity (Wildman–Crippen MR) is 60.6 cm³/mol. The summed E-state index contributed by atoms with van der Waals surface area (Å²) in [4.78, 5) is 0. The first kappa shape index (κ1) is 11.5. The molecule has 1 saturated heterocycles. The van der Waals surface area contributed by atoms with Crippen LogP contribution < -0.4 is 5.32 Å². The first-order valence-electron chi connectivity index (χ1n) is 5.79. The van der Waals surface area contributed by atoms with Gasteiger partial charge in [0.15, 0.2) is 0 Å². The molecule has 0 spiro atoms. The number of nitrogens with one attached hydrogen (secondary N) is 1. The van der Waals surface area contributed by atoms with Gasteiger partial charge in [-0.05, 0) is 43.5 Å². The van der Waals surface area contributed by atoms with Crippen LogP contribution in [0, 0.1) is 18.7 Å². The number of rotatable bonds is 2. The van der Waals surface area contributed by atoms with Crippen LogP contribution >= 0.6 is 0 Å². The lowest BCUT2D eigenvalue weighted by Crippen LogP contribution is -2.32. The van der Waals surface area contributed by atoms with E-state index < -0.39 is 6.17 Å². The molecule has 2 unspecified atom stereocenters. The van der Waals surface area contributed by atoms with Crippen LogP contribution in [-0.4, -0.2) is 13.1 Å². The lowest BCUT2D eigenvalue weighted by Gasteiger charge is -2.26. The Morgan fingerprint density at radius 3 is 2.88 bits per heavy atom. The molecule has 2 atom stereocenters. The Hall–Kier alpha value is -0.960. The van der Waals surface area contributed by atoms with Gasteiger partial charge in [0.2, 0.25) is 0 Å². The summed E-state index contributed by atoms with van der Waals surface area (Å²) in [7, 11) is 0. The molecule has 1 heterocycles. The van der Waals surface area contributed by atoms with Crippen LogP contribution in [0.3, 0.4) is 0 Å². The molecule has 1 fully saturated rings. The standard InChI is InChI=1S/C13H17F2N/c1-9-4-5-10(7-12(9)14)13(15)11-3-2-6-16-8-11/h4-5,7,11,13,16H,2-3,6,8H2,1H3. The number of hydrogen-bond donors (Lipinski definition) is 1. The molecule has 0 aromatic heterocycles. The molecule has 0 amide bonds. The number of benzene rings is 1. The number of aryl methyl sites for hydroxylation is 1. The van der Waals surface area contributed by atoms with Crippen molar-refractivity contribution in [2.75, 3.05) is 13.1 Å². The summed E-state index contributed by atoms with van der Waals surface area (Å²) in [6.45, 7) is 3.34. The highest BCUT2D eigenvalue weighted by molar-refractivity contribution is 5.25. The van der Waals surface area contributed by atoms with Gasteiger partial charge in [0.1, 0.15) is 12.0 Å². The van der Waals surface area contributed by atoms with Crippen molar-refractivity contribution in [2.45, 2.75) is 25.9 Å². The Labute approximate surface area is 94.9 Å². The topological polar surface area (TPSA) is 12.0 Å². The van der Waals surface area contributed by atoms with E-state index in [1.54, 1.807) is 19.1 Å². The third-order valence-electron chi connectivity index (χ3n) is 3.26. The van der Waals surface area contributed by atoms with Gasteiger partial charge in [-0.1, -0.05) is 12.1 Å². The van der Waals surface area contributed by atoms with Crippen molar-refractivity contribution in [3.8, 4) is 0 Å². The highest BCUT2D eigenvalue weighted by Crippen LogP contribution is 2.31. The van der Waals surface area contributed by atoms with E-state index in [4.69, 9.17) is 0 Å². The Kier molecular flexibility index (Phi) is 3.54. The molecular formula is C13H17F2N. The summed E-state index contributed by atoms with van der Waals surface area (Å²) in [5.41, 5.74) is 1.04. The zero-order valence-corrected chi connectivity index (χ0v) is 9.47. The molecule has 1 aromatic carbocycles. The number of piperidine rings is 1. The van der Waals surface area contributed by atoms with Gasteiger partial charge >= 0.3 is 0 Å². The van der Waals surface area contributed by atoms with Crippen molar-refractivity contribution in [2.24, 2.45) is 5.92 Å². The molecule has 0 radical (unpaired) electrons. The minimum absolute atomic E-state index is 0.0177. The zero-order valence-electron chi connectivity index (χ0n) is 9.47. The van der Waals surface area contributed by atoms with Crippen molar-refractivity contribution >= 4 is 0 Å². The predicted octanol–water partition coefficient (Wildman–Crippen LogP) is 3.14. The minimum atomic E-state index is -1.05. The van der Waals surface area contributed by atoms with Gasteiger partial charge in [-0.25, -0.2) is 8.78 Å². The van der Waals surface area contributed by atoms with Crippen molar-refractivity contribution in [3.05, 3.63) is 35.1 Å². The van der Waals surface area contributed by atoms with Gasteiger partial charge in [-0.3, -0.25) is 0 Å². The van der Waals surface area contributed by atoms with Crippen LogP contribution in [0.5, 0.6) is 0 Å². The summed E-state index contributed by atoms with van der Waals surface area (Å²) in [5, 5.41) is 3.18. The maximum atomic E-state index is 14.1. The van der Waals surface area contributed by atoms with Crippen LogP contribution in [0.25, 0.3) is 0 Å². The van der Waals surface area contributed by atoms with Crippen molar-refractivity contribution < 1.29 is 8.78 Å². The summed E-state index contributed by atoms with van der Waals surface area (Å²) in [6.07, 6.45) is 0.825. The molecule has 1 nitrogen and oxygen atoms in total. The first-order valence-corrected chi connectivity index (χ1v) is 5.79. The molecule has 0 saturated carbocycles. The first-order chi connectivity index (χ1) is 7.68. The molecule has 1 aliphatic rings. The fourth-order valence-corrected chi connectivity index (χ4v) is 2.18. The monoisotopic (exact) mass is 225 g/mol. The molecule has 1 N–H and O–H groups in total. The van der Waals surface area contributed by atoms with E-state index in [1.165, 1.54) is 6.07 Å². The smallest absolute Gasteiger partial charge is 0.129 e. The van der Waals surface area contributed by atoms with E-state index in [9.17, 15) is 8.78 Å². The summed E-state index contributed by atoms with van der Waals surface area (Å²) >= 11 is 0. The van der Waals surface area contributed by atoms with E-state index in [1.807, 2.05) is 0 Å². The average molecular weight is 225 g/mol. The molecule has 1 aromatic rings. The number of hydrogen-bond acceptors (Lipinski definition) is 1. The maximum absolute atomic E-state index is 14.1. The maximum Gasteiger partial charge on any atom is 0.129 e. The van der Waals surface area contributed by atoms with E-state index in [2.05, 4.69) is 5.32 Å². The number of alkyl halides is 1. The third-order valence-corrected chi connectivity index (χ3v) is 3.26. The second kappa shape index (κ2) is 4.91. The largest absolute Gasteiger partial charge is 0.316 e. The van der Waals surface area contributed by atoms with Gasteiger partial charge in [0.05, 0.1) is 0 Å². The van der Waals surface area contributed by atoms with Crippen LogP contribution in [0.1, 0.15) is 30.1 Å². The van der Waals surface area contributed by atoms with Gasteiger partial charge in [0.25, 0.3) is 0 Å². The molecule has 3 heteroatoms. The van der Waals surface area contributed by atoms with E-state index in [0.29, 0.717) is 17.7 Å². The highest BCUT2D eigenvalue weighted by atomic mass is 19.1. The lowest BCUT2D eigenvalue weighted by molar-refractivity contribution is 0.194. The highest BCUT2D eigenvalue weighted by Gasteiger charge is 2.24. The van der Waals surface area contributed by atoms with Gasteiger partial charge < -0.3 is 5.32 Å². The van der Waals surface area contributed by atoms with Crippen molar-refractivity contribution in [1.82, 2.24) is 5.32 Å². The number of halogens is 2. The summed E-state index contributed by atoms with van der Waals surface area (Å²) in [6, 6.07) is 4.67. The van der Waals surface area contributed by atoms with Crippen molar-refractivity contribution in [1.29, 1.82) is 0 Å². The molecular weight excluding hydrogens is 208 g/mol. The van der Waals surface area contributed by atoms with E-state index in [0.717, 1.165) is 19.4 Å². The Morgan fingerprint density at radius 1 is 1.44 bits per heavy atom. The van der Waals surface area contributed by atoms with Crippen LogP contribution in [0.2, 0.25) is 0 Å². The SMILES string of the molecule is Cc1ccc(C(F)C2CCCNC2)cc1F. The average Bonchev–Trinajstić information content (AvgIpc) is 2.33. The van der Waals surface area contributed by atoms with Crippen LogP contribution in [-0.2, 0) is 0 Å². The molecule has 0 bridgehead atoms. The molecule has 1 aliphatic heterocycles. The zero-order chi connectivity index (χ0) is 11.5. The Bertz CT molecular complexity index is 359. The summed E-state index contributed by atoms with van der Waals surface area (Å²) < 4.78 is 27.5. The van der Waals surface area contributed by atoms with Crippen LogP contribution in [0.15, 0.2) is 18.2 Å². The normalized spacial score (nSPS) is 23.1. The van der Waals surface area contributed by atoms with E-state index >= 15 is 0 Å². The van der Waals surface area contributed by atoms with Crippen LogP contribution in [0.4, 0.5) is 8.78 Å². The molecule has 2 rings (SSSR count). The lowest BCUT2D eigenvalue weighted by atomic mass is 9.90. The quantitative estimate of drug-likeness (QED) is 0.815. The molecule has 0 aliphatic carbocycles. The summed E-state index contributed by atoms with van der Waals surface area (Å²) in [5.74, 6) is -0.334. The minimum Gasteiger partial charge on any atom is -0.316 e. The van der Waals surface area contributed by atoms with Gasteiger partial charge in [0, 0.05) is 12.5 Å². The molecule has 88 valence electrons.